The van der Waals surface area contributed by atoms with E-state index in [1.54, 1.807) is 6.07 Å². The third kappa shape index (κ3) is 4.31. The lowest BCUT2D eigenvalue weighted by atomic mass is 10.1. The molecule has 0 unspecified atom stereocenters. The summed E-state index contributed by atoms with van der Waals surface area (Å²) in [6.45, 7) is 7.38. The summed E-state index contributed by atoms with van der Waals surface area (Å²) >= 11 is 0. The zero-order valence-electron chi connectivity index (χ0n) is 14.3. The maximum atomic E-state index is 12.8. The van der Waals surface area contributed by atoms with Crippen molar-refractivity contribution < 1.29 is 17.7 Å². The molecule has 3 rings (SSSR count). The fourth-order valence-corrected chi connectivity index (χ4v) is 2.79. The summed E-state index contributed by atoms with van der Waals surface area (Å²) in [5, 5.41) is 3.96. The van der Waals surface area contributed by atoms with Gasteiger partial charge in [0, 0.05) is 38.6 Å². The zero-order valence-corrected chi connectivity index (χ0v) is 14.3. The van der Waals surface area contributed by atoms with E-state index in [-0.39, 0.29) is 5.92 Å². The molecule has 5 nitrogen and oxygen atoms in total. The van der Waals surface area contributed by atoms with Crippen LogP contribution < -0.4 is 4.90 Å². The number of halogens is 3. The van der Waals surface area contributed by atoms with Gasteiger partial charge >= 0.3 is 12.2 Å². The highest BCUT2D eigenvalue weighted by molar-refractivity contribution is 5.28. The van der Waals surface area contributed by atoms with Crippen LogP contribution in [0, 0.1) is 0 Å². The molecule has 25 heavy (non-hydrogen) atoms. The summed E-state index contributed by atoms with van der Waals surface area (Å²) in [5.74, 6) is 0.890. The molecule has 0 amide bonds. The lowest BCUT2D eigenvalue weighted by Gasteiger charge is -2.33. The summed E-state index contributed by atoms with van der Waals surface area (Å²) < 4.78 is 43.7. The molecule has 2 aromatic rings. The van der Waals surface area contributed by atoms with Crippen molar-refractivity contribution >= 4 is 6.01 Å². The largest absolute Gasteiger partial charge is 0.416 e. The van der Waals surface area contributed by atoms with Crippen LogP contribution in [0.5, 0.6) is 0 Å². The number of aromatic nitrogens is 2. The van der Waals surface area contributed by atoms with Crippen molar-refractivity contribution in [1.82, 2.24) is 15.0 Å². The molecule has 2 heterocycles. The summed E-state index contributed by atoms with van der Waals surface area (Å²) in [7, 11) is 0. The topological polar surface area (TPSA) is 45.4 Å². The Morgan fingerprint density at radius 1 is 1.16 bits per heavy atom. The maximum Gasteiger partial charge on any atom is 0.416 e. The summed E-state index contributed by atoms with van der Waals surface area (Å²) in [6, 6.07) is 6.03. The molecule has 1 aromatic heterocycles. The van der Waals surface area contributed by atoms with Crippen LogP contribution in [0.2, 0.25) is 0 Å². The first-order valence-electron chi connectivity index (χ1n) is 8.30. The summed E-state index contributed by atoms with van der Waals surface area (Å²) in [6.07, 6.45) is -4.30. The molecule has 136 valence electrons. The van der Waals surface area contributed by atoms with Gasteiger partial charge in [-0.2, -0.15) is 18.2 Å². The van der Waals surface area contributed by atoms with Gasteiger partial charge in [0.2, 0.25) is 0 Å². The fourth-order valence-electron chi connectivity index (χ4n) is 2.79. The highest BCUT2D eigenvalue weighted by atomic mass is 19.4. The summed E-state index contributed by atoms with van der Waals surface area (Å²) in [4.78, 5) is 8.53. The zero-order chi connectivity index (χ0) is 18.0. The van der Waals surface area contributed by atoms with Gasteiger partial charge in [-0.1, -0.05) is 37.2 Å². The number of hydrogen-bond donors (Lipinski definition) is 0. The SMILES string of the molecule is CC(C)c1noc(N2CCN(Cc3cccc(C(F)(F)F)c3)CC2)n1. The first-order valence-corrected chi connectivity index (χ1v) is 8.30. The van der Waals surface area contributed by atoms with Crippen molar-refractivity contribution in [1.29, 1.82) is 0 Å². The van der Waals surface area contributed by atoms with Gasteiger partial charge in [0.05, 0.1) is 5.56 Å². The molecule has 0 bridgehead atoms. The number of rotatable bonds is 4. The molecule has 0 atom stereocenters. The molecule has 0 spiro atoms. The van der Waals surface area contributed by atoms with E-state index in [1.165, 1.54) is 12.1 Å². The Hall–Kier alpha value is -2.09. The second-order valence-electron chi connectivity index (χ2n) is 6.55. The van der Waals surface area contributed by atoms with Gasteiger partial charge in [0.15, 0.2) is 5.82 Å². The third-order valence-electron chi connectivity index (χ3n) is 4.25. The van der Waals surface area contributed by atoms with Gasteiger partial charge in [-0.25, -0.2) is 0 Å². The Balaban J connectivity index is 1.57. The van der Waals surface area contributed by atoms with Crippen LogP contribution >= 0.6 is 0 Å². The number of hydrogen-bond acceptors (Lipinski definition) is 5. The molecular weight excluding hydrogens is 333 g/mol. The highest BCUT2D eigenvalue weighted by Crippen LogP contribution is 2.30. The van der Waals surface area contributed by atoms with Crippen LogP contribution in [0.1, 0.15) is 36.7 Å². The van der Waals surface area contributed by atoms with E-state index in [0.717, 1.165) is 19.2 Å². The third-order valence-corrected chi connectivity index (χ3v) is 4.25. The minimum absolute atomic E-state index is 0.208. The molecule has 0 N–H and O–H groups in total. The predicted octanol–water partition coefficient (Wildman–Crippen LogP) is 3.53. The van der Waals surface area contributed by atoms with E-state index < -0.39 is 11.7 Å². The number of alkyl halides is 3. The molecule has 1 aliphatic heterocycles. The first kappa shape index (κ1) is 17.7. The van der Waals surface area contributed by atoms with Crippen LogP contribution in [-0.2, 0) is 12.7 Å². The van der Waals surface area contributed by atoms with Gasteiger partial charge < -0.3 is 9.42 Å². The molecule has 0 aliphatic carbocycles. The van der Waals surface area contributed by atoms with Crippen LogP contribution in [0.25, 0.3) is 0 Å². The Labute approximate surface area is 144 Å². The lowest BCUT2D eigenvalue weighted by Crippen LogP contribution is -2.46. The van der Waals surface area contributed by atoms with E-state index in [9.17, 15) is 13.2 Å². The second kappa shape index (κ2) is 7.03. The Bertz CT molecular complexity index is 706. The number of benzene rings is 1. The van der Waals surface area contributed by atoms with Crippen LogP contribution in [0.15, 0.2) is 28.8 Å². The Morgan fingerprint density at radius 2 is 1.88 bits per heavy atom. The van der Waals surface area contributed by atoms with Crippen molar-refractivity contribution in [2.75, 3.05) is 31.1 Å². The van der Waals surface area contributed by atoms with Crippen LogP contribution in [0.4, 0.5) is 19.2 Å². The van der Waals surface area contributed by atoms with Gasteiger partial charge in [0.1, 0.15) is 0 Å². The monoisotopic (exact) mass is 354 g/mol. The van der Waals surface area contributed by atoms with E-state index >= 15 is 0 Å². The predicted molar refractivity (Wildman–Crippen MR) is 87.3 cm³/mol. The van der Waals surface area contributed by atoms with Crippen LogP contribution in [-0.4, -0.2) is 41.2 Å². The van der Waals surface area contributed by atoms with Crippen molar-refractivity contribution in [2.24, 2.45) is 0 Å². The lowest BCUT2D eigenvalue weighted by molar-refractivity contribution is -0.137. The van der Waals surface area contributed by atoms with Crippen molar-refractivity contribution in [3.63, 3.8) is 0 Å². The molecule has 0 radical (unpaired) electrons. The van der Waals surface area contributed by atoms with Crippen molar-refractivity contribution in [2.45, 2.75) is 32.5 Å². The van der Waals surface area contributed by atoms with Crippen molar-refractivity contribution in [3.05, 3.63) is 41.2 Å². The first-order chi connectivity index (χ1) is 11.8. The molecule has 8 heteroatoms. The smallest absolute Gasteiger partial charge is 0.322 e. The van der Waals surface area contributed by atoms with Gasteiger partial charge in [-0.05, 0) is 11.6 Å². The highest BCUT2D eigenvalue weighted by Gasteiger charge is 2.30. The standard InChI is InChI=1S/C17H21F3N4O/c1-12(2)15-21-16(25-22-15)24-8-6-23(7-9-24)11-13-4-3-5-14(10-13)17(18,19)20/h3-5,10,12H,6-9,11H2,1-2H3. The van der Waals surface area contributed by atoms with Gasteiger partial charge in [-0.3, -0.25) is 4.90 Å². The molecule has 0 saturated carbocycles. The summed E-state index contributed by atoms with van der Waals surface area (Å²) in [5.41, 5.74) is 0.0684. The Kier molecular flexibility index (Phi) is 4.99. The van der Waals surface area contributed by atoms with E-state index in [0.29, 0.717) is 37.0 Å². The van der Waals surface area contributed by atoms with E-state index in [4.69, 9.17) is 4.52 Å². The van der Waals surface area contributed by atoms with Crippen molar-refractivity contribution in [3.8, 4) is 0 Å². The van der Waals surface area contributed by atoms with Crippen LogP contribution in [0.3, 0.4) is 0 Å². The fraction of sp³-hybridized carbons (Fsp3) is 0.529. The minimum atomic E-state index is -4.30. The maximum absolute atomic E-state index is 12.8. The molecule has 1 aromatic carbocycles. The average molecular weight is 354 g/mol. The van der Waals surface area contributed by atoms with E-state index in [1.807, 2.05) is 18.7 Å². The molecule has 1 saturated heterocycles. The number of anilines is 1. The number of nitrogens with zero attached hydrogens (tertiary/aromatic N) is 4. The quantitative estimate of drug-likeness (QED) is 0.840. The molecule has 1 fully saturated rings. The number of piperazine rings is 1. The molecular formula is C17H21F3N4O. The normalized spacial score (nSPS) is 16.6. The minimum Gasteiger partial charge on any atom is -0.322 e. The van der Waals surface area contributed by atoms with Gasteiger partial charge in [-0.15, -0.1) is 0 Å². The van der Waals surface area contributed by atoms with Gasteiger partial charge in [0.25, 0.3) is 0 Å². The Morgan fingerprint density at radius 3 is 2.48 bits per heavy atom. The average Bonchev–Trinajstić information content (AvgIpc) is 3.05. The second-order valence-corrected chi connectivity index (χ2v) is 6.55. The van der Waals surface area contributed by atoms with E-state index in [2.05, 4.69) is 15.0 Å². The molecule has 1 aliphatic rings.